The van der Waals surface area contributed by atoms with Crippen LogP contribution in [0.1, 0.15) is 62.7 Å². The maximum atomic E-state index is 13.4. The SMILES string of the molecule is Cc1ncc(-c2cn([C@H]3[C@@H]4CC(N5CCOC[C@@H]5C)C[C@@H]43)c(C(C)C)n2)cc1C(F)(F)F. The van der Waals surface area contributed by atoms with Crippen LogP contribution in [0.25, 0.3) is 11.3 Å². The van der Waals surface area contributed by atoms with E-state index < -0.39 is 11.7 Å². The van der Waals surface area contributed by atoms with Crippen molar-refractivity contribution in [2.45, 2.75) is 70.8 Å². The van der Waals surface area contributed by atoms with Crippen LogP contribution in [-0.4, -0.2) is 51.3 Å². The summed E-state index contributed by atoms with van der Waals surface area (Å²) in [5, 5.41) is 0. The standard InChI is InChI=1S/C24H31F3N4O/c1-13(2)23-29-21(16-7-20(24(25,26)27)15(4)28-10-16)11-31(23)22-18-8-17(9-19(18)22)30-5-6-32-12-14(30)3/h7,10-11,13-14,17-19,22H,5-6,8-9,12H2,1-4H3/t14-,17?,18-,19+,22+/m0/s1. The maximum Gasteiger partial charge on any atom is 0.418 e. The molecular weight excluding hydrogens is 417 g/mol. The zero-order valence-corrected chi connectivity index (χ0v) is 19.1. The van der Waals surface area contributed by atoms with Crippen molar-refractivity contribution < 1.29 is 17.9 Å². The van der Waals surface area contributed by atoms with E-state index >= 15 is 0 Å². The molecule has 0 bridgehead atoms. The van der Waals surface area contributed by atoms with Crippen molar-refractivity contribution in [3.63, 3.8) is 0 Å². The predicted molar refractivity (Wildman–Crippen MR) is 115 cm³/mol. The topological polar surface area (TPSA) is 43.2 Å². The van der Waals surface area contributed by atoms with Crippen molar-refractivity contribution in [3.8, 4) is 11.3 Å². The number of imidazole rings is 1. The van der Waals surface area contributed by atoms with Gasteiger partial charge in [-0.3, -0.25) is 9.88 Å². The lowest BCUT2D eigenvalue weighted by molar-refractivity contribution is -0.138. The van der Waals surface area contributed by atoms with Crippen molar-refractivity contribution in [2.75, 3.05) is 19.8 Å². The average molecular weight is 449 g/mol. The molecule has 2 aromatic heterocycles. The number of hydrogen-bond donors (Lipinski definition) is 0. The van der Waals surface area contributed by atoms with Crippen LogP contribution in [0.4, 0.5) is 13.2 Å². The average Bonchev–Trinajstić information content (AvgIpc) is 3.07. The van der Waals surface area contributed by atoms with Gasteiger partial charge >= 0.3 is 6.18 Å². The van der Waals surface area contributed by atoms with E-state index in [1.54, 1.807) is 0 Å². The summed E-state index contributed by atoms with van der Waals surface area (Å²) in [4.78, 5) is 11.4. The zero-order valence-electron chi connectivity index (χ0n) is 19.1. The minimum Gasteiger partial charge on any atom is -0.379 e. The maximum absolute atomic E-state index is 13.4. The molecular formula is C24H31F3N4O. The van der Waals surface area contributed by atoms with E-state index in [1.165, 1.54) is 32.0 Å². The number of nitrogens with zero attached hydrogens (tertiary/aromatic N) is 4. The van der Waals surface area contributed by atoms with Crippen molar-refractivity contribution in [2.24, 2.45) is 11.8 Å². The molecule has 2 aromatic rings. The summed E-state index contributed by atoms with van der Waals surface area (Å²) < 4.78 is 48.0. The monoisotopic (exact) mass is 448 g/mol. The largest absolute Gasteiger partial charge is 0.418 e. The van der Waals surface area contributed by atoms with Gasteiger partial charge in [-0.15, -0.1) is 0 Å². The molecule has 174 valence electrons. The van der Waals surface area contributed by atoms with Crippen molar-refractivity contribution in [1.29, 1.82) is 0 Å². The third kappa shape index (κ3) is 3.75. The van der Waals surface area contributed by atoms with Gasteiger partial charge in [0.2, 0.25) is 0 Å². The zero-order chi connectivity index (χ0) is 22.8. The van der Waals surface area contributed by atoms with Crippen LogP contribution < -0.4 is 0 Å². The summed E-state index contributed by atoms with van der Waals surface area (Å²) in [6.45, 7) is 10.4. The predicted octanol–water partition coefficient (Wildman–Crippen LogP) is 5.07. The van der Waals surface area contributed by atoms with Crippen LogP contribution in [0.3, 0.4) is 0 Å². The number of ether oxygens (including phenoxy) is 1. The molecule has 5 nitrogen and oxygen atoms in total. The third-order valence-electron chi connectivity index (χ3n) is 7.55. The second-order valence-corrected chi connectivity index (χ2v) is 10.0. The van der Waals surface area contributed by atoms with Gasteiger partial charge in [0.15, 0.2) is 0 Å². The molecule has 0 N–H and O–H groups in total. The molecule has 0 amide bonds. The molecule has 3 fully saturated rings. The molecule has 8 heteroatoms. The highest BCUT2D eigenvalue weighted by Crippen LogP contribution is 2.62. The van der Waals surface area contributed by atoms with E-state index in [1.807, 2.05) is 6.20 Å². The van der Waals surface area contributed by atoms with Crippen LogP contribution in [0.15, 0.2) is 18.5 Å². The number of rotatable bonds is 4. The summed E-state index contributed by atoms with van der Waals surface area (Å²) in [6.07, 6.45) is 1.39. The fourth-order valence-electron chi connectivity index (χ4n) is 5.92. The van der Waals surface area contributed by atoms with Gasteiger partial charge < -0.3 is 9.30 Å². The minimum atomic E-state index is -4.42. The number of fused-ring (bicyclic) bond motifs is 1. The van der Waals surface area contributed by atoms with E-state index in [-0.39, 0.29) is 11.6 Å². The molecule has 5 atom stereocenters. The Morgan fingerprint density at radius 2 is 1.91 bits per heavy atom. The van der Waals surface area contributed by atoms with Crippen LogP contribution in [0.5, 0.6) is 0 Å². The highest BCUT2D eigenvalue weighted by molar-refractivity contribution is 5.59. The van der Waals surface area contributed by atoms with E-state index in [0.717, 1.165) is 25.6 Å². The second kappa shape index (κ2) is 7.83. The molecule has 2 saturated carbocycles. The summed E-state index contributed by atoms with van der Waals surface area (Å²) in [6, 6.07) is 2.67. The smallest absolute Gasteiger partial charge is 0.379 e. The lowest BCUT2D eigenvalue weighted by Gasteiger charge is -2.38. The first-order chi connectivity index (χ1) is 15.1. The van der Waals surface area contributed by atoms with Crippen LogP contribution >= 0.6 is 0 Å². The van der Waals surface area contributed by atoms with Gasteiger partial charge in [-0.1, -0.05) is 13.8 Å². The van der Waals surface area contributed by atoms with E-state index in [0.29, 0.717) is 41.2 Å². The summed E-state index contributed by atoms with van der Waals surface area (Å²) in [5.41, 5.74) is 0.302. The lowest BCUT2D eigenvalue weighted by atomic mass is 10.1. The first kappa shape index (κ1) is 21.9. The number of morpholine rings is 1. The third-order valence-corrected chi connectivity index (χ3v) is 7.55. The Kier molecular flexibility index (Phi) is 5.36. The van der Waals surface area contributed by atoms with Crippen molar-refractivity contribution in [1.82, 2.24) is 19.4 Å². The van der Waals surface area contributed by atoms with Gasteiger partial charge in [-0.05, 0) is 44.6 Å². The van der Waals surface area contributed by atoms with Crippen LogP contribution in [0, 0.1) is 18.8 Å². The normalized spacial score (nSPS) is 30.7. The summed E-state index contributed by atoms with van der Waals surface area (Å²) >= 11 is 0. The van der Waals surface area contributed by atoms with Gasteiger partial charge in [0.25, 0.3) is 0 Å². The van der Waals surface area contributed by atoms with Crippen LogP contribution in [-0.2, 0) is 10.9 Å². The molecule has 0 spiro atoms. The minimum absolute atomic E-state index is 0.00938. The molecule has 0 aromatic carbocycles. The Labute approximate surface area is 187 Å². The molecule has 2 aliphatic carbocycles. The van der Waals surface area contributed by atoms with E-state index in [4.69, 9.17) is 9.72 Å². The fourth-order valence-corrected chi connectivity index (χ4v) is 5.92. The number of pyridine rings is 1. The highest BCUT2D eigenvalue weighted by Gasteiger charge is 2.58. The Morgan fingerprint density at radius 3 is 2.53 bits per heavy atom. The number of aromatic nitrogens is 3. The quantitative estimate of drug-likeness (QED) is 0.655. The molecule has 3 aliphatic rings. The van der Waals surface area contributed by atoms with Gasteiger partial charge in [0.1, 0.15) is 5.82 Å². The number of hydrogen-bond acceptors (Lipinski definition) is 4. The van der Waals surface area contributed by atoms with E-state index in [2.05, 4.69) is 35.2 Å². The highest BCUT2D eigenvalue weighted by atomic mass is 19.4. The number of aryl methyl sites for hydroxylation is 1. The summed E-state index contributed by atoms with van der Waals surface area (Å²) in [7, 11) is 0. The molecule has 32 heavy (non-hydrogen) atoms. The molecule has 3 heterocycles. The van der Waals surface area contributed by atoms with Gasteiger partial charge in [-0.2, -0.15) is 13.2 Å². The van der Waals surface area contributed by atoms with E-state index in [9.17, 15) is 13.2 Å². The first-order valence-electron chi connectivity index (χ1n) is 11.6. The molecule has 5 rings (SSSR count). The Hall–Kier alpha value is -1.93. The van der Waals surface area contributed by atoms with Gasteiger partial charge in [0, 0.05) is 54.2 Å². The number of halogens is 3. The molecule has 1 aliphatic heterocycles. The summed E-state index contributed by atoms with van der Waals surface area (Å²) in [5.74, 6) is 2.39. The van der Waals surface area contributed by atoms with Gasteiger partial charge in [-0.25, -0.2) is 4.98 Å². The van der Waals surface area contributed by atoms with Gasteiger partial charge in [0.05, 0.1) is 24.5 Å². The van der Waals surface area contributed by atoms with Crippen LogP contribution in [0.2, 0.25) is 0 Å². The Morgan fingerprint density at radius 1 is 1.19 bits per heavy atom. The van der Waals surface area contributed by atoms with Crippen molar-refractivity contribution >= 4 is 0 Å². The first-order valence-corrected chi connectivity index (χ1v) is 11.6. The number of alkyl halides is 3. The van der Waals surface area contributed by atoms with Crippen molar-refractivity contribution in [3.05, 3.63) is 35.5 Å². The molecule has 0 radical (unpaired) electrons. The fraction of sp³-hybridized carbons (Fsp3) is 0.667. The Balaban J connectivity index is 1.38. The molecule has 1 saturated heterocycles. The lowest BCUT2D eigenvalue weighted by Crippen LogP contribution is -2.49. The second-order valence-electron chi connectivity index (χ2n) is 10.0. The Bertz CT molecular complexity index is 990. The molecule has 1 unspecified atom stereocenters.